The van der Waals surface area contributed by atoms with E-state index in [0.29, 0.717) is 11.4 Å². The number of benzene rings is 1. The van der Waals surface area contributed by atoms with Gasteiger partial charge in [-0.15, -0.1) is 0 Å². The molecule has 1 aliphatic heterocycles. The molecule has 1 aromatic carbocycles. The highest BCUT2D eigenvalue weighted by Crippen LogP contribution is 2.37. The van der Waals surface area contributed by atoms with Gasteiger partial charge in [0.05, 0.1) is 21.7 Å². The van der Waals surface area contributed by atoms with E-state index in [9.17, 15) is 22.8 Å². The summed E-state index contributed by atoms with van der Waals surface area (Å²) < 4.78 is 43.9. The first kappa shape index (κ1) is 21.8. The summed E-state index contributed by atoms with van der Waals surface area (Å²) >= 11 is 6.32. The number of thioether (sulfide) groups is 1. The number of carbonyl (C=O) groups excluding carboxylic acids is 1. The van der Waals surface area contributed by atoms with Crippen molar-refractivity contribution in [3.63, 3.8) is 0 Å². The average Bonchev–Trinajstić information content (AvgIpc) is 3.32. The van der Waals surface area contributed by atoms with Gasteiger partial charge < -0.3 is 9.52 Å². The van der Waals surface area contributed by atoms with E-state index in [2.05, 4.69) is 4.98 Å². The molecule has 0 radical (unpaired) electrons. The number of nitrogens with zero attached hydrogens (tertiary/aromatic N) is 2. The lowest BCUT2D eigenvalue weighted by Crippen LogP contribution is -2.27. The molecule has 1 N–H and O–H groups in total. The Balaban J connectivity index is 1.55. The minimum Gasteiger partial charge on any atom is -0.478 e. The zero-order valence-corrected chi connectivity index (χ0v) is 17.4. The van der Waals surface area contributed by atoms with Crippen molar-refractivity contribution >= 4 is 51.9 Å². The Kier molecular flexibility index (Phi) is 5.61. The largest absolute Gasteiger partial charge is 0.478 e. The summed E-state index contributed by atoms with van der Waals surface area (Å²) in [5.74, 6) is -0.959. The predicted octanol–water partition coefficient (Wildman–Crippen LogP) is 5.46. The molecule has 3 heterocycles. The van der Waals surface area contributed by atoms with Crippen molar-refractivity contribution in [2.24, 2.45) is 0 Å². The lowest BCUT2D eigenvalue weighted by Gasteiger charge is -2.14. The van der Waals surface area contributed by atoms with E-state index >= 15 is 0 Å². The summed E-state index contributed by atoms with van der Waals surface area (Å²) in [5, 5.41) is 9.00. The summed E-state index contributed by atoms with van der Waals surface area (Å²) in [4.78, 5) is 29.2. The maximum absolute atomic E-state index is 12.8. The van der Waals surface area contributed by atoms with Crippen LogP contribution in [0.15, 0.2) is 64.1 Å². The molecule has 1 amide bonds. The maximum Gasteiger partial charge on any atom is 0.417 e. The Labute approximate surface area is 188 Å². The zero-order chi connectivity index (χ0) is 23.0. The fourth-order valence-electron chi connectivity index (χ4n) is 2.85. The van der Waals surface area contributed by atoms with Crippen LogP contribution in [0.5, 0.6) is 0 Å². The number of aromatic nitrogens is 1. The number of carbonyl (C=O) groups is 2. The number of alkyl halides is 3. The molecule has 6 nitrogen and oxygen atoms in total. The topological polar surface area (TPSA) is 83.6 Å². The molecule has 2 aromatic heterocycles. The quantitative estimate of drug-likeness (QED) is 0.395. The highest BCUT2D eigenvalue weighted by molar-refractivity contribution is 8.27. The second-order valence-electron chi connectivity index (χ2n) is 6.50. The first-order valence-electron chi connectivity index (χ1n) is 8.88. The van der Waals surface area contributed by atoms with Crippen LogP contribution >= 0.6 is 24.0 Å². The Morgan fingerprint density at radius 3 is 2.44 bits per heavy atom. The van der Waals surface area contributed by atoms with Gasteiger partial charge in [0, 0.05) is 12.3 Å². The van der Waals surface area contributed by atoms with E-state index in [1.807, 2.05) is 0 Å². The van der Waals surface area contributed by atoms with E-state index in [1.54, 1.807) is 6.07 Å². The van der Waals surface area contributed by atoms with Crippen LogP contribution < -0.4 is 4.90 Å². The highest BCUT2D eigenvalue weighted by atomic mass is 32.2. The number of halogens is 3. The Hall–Kier alpha value is -3.44. The number of furan rings is 1. The normalized spacial score (nSPS) is 15.6. The van der Waals surface area contributed by atoms with Gasteiger partial charge in [0.1, 0.15) is 11.5 Å². The van der Waals surface area contributed by atoms with E-state index in [1.165, 1.54) is 47.4 Å². The van der Waals surface area contributed by atoms with Crippen LogP contribution in [0.3, 0.4) is 0 Å². The molecule has 1 aliphatic rings. The van der Waals surface area contributed by atoms with Crippen molar-refractivity contribution in [3.8, 4) is 11.5 Å². The van der Waals surface area contributed by atoms with Gasteiger partial charge in [-0.3, -0.25) is 14.7 Å². The molecule has 3 aromatic rings. The van der Waals surface area contributed by atoms with E-state index in [4.69, 9.17) is 21.7 Å². The summed E-state index contributed by atoms with van der Waals surface area (Å²) in [5.41, 5.74) is -0.151. The van der Waals surface area contributed by atoms with Gasteiger partial charge in [0.2, 0.25) is 0 Å². The molecule has 0 bridgehead atoms. The van der Waals surface area contributed by atoms with Crippen LogP contribution in [-0.2, 0) is 11.0 Å². The molecular formula is C21H11F3N2O4S2. The van der Waals surface area contributed by atoms with Crippen molar-refractivity contribution in [1.29, 1.82) is 0 Å². The SMILES string of the molecule is O=C(O)c1ccc(N2C(=O)/C(=C\c3ccc(-c4ccc(C(F)(F)F)cn4)o3)SC2=S)cc1. The van der Waals surface area contributed by atoms with E-state index in [0.717, 1.165) is 24.0 Å². The summed E-state index contributed by atoms with van der Waals surface area (Å²) in [6.07, 6.45) is -2.29. The van der Waals surface area contributed by atoms with Crippen LogP contribution in [0.1, 0.15) is 21.7 Å². The van der Waals surface area contributed by atoms with Crippen molar-refractivity contribution in [2.45, 2.75) is 6.18 Å². The zero-order valence-electron chi connectivity index (χ0n) is 15.8. The van der Waals surface area contributed by atoms with Crippen LogP contribution in [0, 0.1) is 0 Å². The summed E-state index contributed by atoms with van der Waals surface area (Å²) in [6, 6.07) is 10.9. The number of carboxylic acids is 1. The second-order valence-corrected chi connectivity index (χ2v) is 8.18. The van der Waals surface area contributed by atoms with Gasteiger partial charge in [-0.2, -0.15) is 13.2 Å². The third-order valence-electron chi connectivity index (χ3n) is 4.41. The number of amides is 1. The van der Waals surface area contributed by atoms with Crippen molar-refractivity contribution < 1.29 is 32.3 Å². The molecule has 32 heavy (non-hydrogen) atoms. The molecule has 0 spiro atoms. The summed E-state index contributed by atoms with van der Waals surface area (Å²) in [6.45, 7) is 0. The number of anilines is 1. The van der Waals surface area contributed by atoms with Gasteiger partial charge in [-0.1, -0.05) is 24.0 Å². The third kappa shape index (κ3) is 4.30. The molecule has 11 heteroatoms. The fourth-order valence-corrected chi connectivity index (χ4v) is 4.13. The molecule has 162 valence electrons. The molecular weight excluding hydrogens is 465 g/mol. The monoisotopic (exact) mass is 476 g/mol. The molecule has 1 fully saturated rings. The number of hydrogen-bond acceptors (Lipinski definition) is 6. The van der Waals surface area contributed by atoms with Gasteiger partial charge in [-0.05, 0) is 48.5 Å². The van der Waals surface area contributed by atoms with E-state index in [-0.39, 0.29) is 26.2 Å². The predicted molar refractivity (Wildman–Crippen MR) is 116 cm³/mol. The van der Waals surface area contributed by atoms with Crippen molar-refractivity contribution in [1.82, 2.24) is 4.98 Å². The lowest BCUT2D eigenvalue weighted by molar-refractivity contribution is -0.137. The molecule has 4 rings (SSSR count). The van der Waals surface area contributed by atoms with Gasteiger partial charge in [0.15, 0.2) is 10.1 Å². The van der Waals surface area contributed by atoms with Crippen molar-refractivity contribution in [3.05, 3.63) is 76.5 Å². The molecule has 0 saturated carbocycles. The molecule has 0 atom stereocenters. The fraction of sp³-hybridized carbons (Fsp3) is 0.0476. The Morgan fingerprint density at radius 1 is 1.12 bits per heavy atom. The average molecular weight is 476 g/mol. The first-order valence-corrected chi connectivity index (χ1v) is 10.1. The molecule has 1 saturated heterocycles. The van der Waals surface area contributed by atoms with Crippen molar-refractivity contribution in [2.75, 3.05) is 4.90 Å². The standard InChI is InChI=1S/C21H11F3N2O4S2/c22-21(23,24)12-3-7-15(25-10-12)16-8-6-14(30-16)9-17-18(27)26(20(31)32-17)13-4-1-11(2-5-13)19(28)29/h1-10H,(H,28,29)/b17-9+. The first-order chi connectivity index (χ1) is 15.1. The van der Waals surface area contributed by atoms with Crippen LogP contribution in [-0.4, -0.2) is 26.3 Å². The number of pyridine rings is 1. The minimum atomic E-state index is -4.48. The summed E-state index contributed by atoms with van der Waals surface area (Å²) in [7, 11) is 0. The minimum absolute atomic E-state index is 0.0784. The van der Waals surface area contributed by atoms with Gasteiger partial charge in [-0.25, -0.2) is 4.79 Å². The number of thiocarbonyl (C=S) groups is 1. The van der Waals surface area contributed by atoms with E-state index < -0.39 is 23.6 Å². The number of aromatic carboxylic acids is 1. The Morgan fingerprint density at radius 2 is 1.84 bits per heavy atom. The molecule has 0 aliphatic carbocycles. The van der Waals surface area contributed by atoms with Gasteiger partial charge >= 0.3 is 12.1 Å². The number of rotatable bonds is 4. The van der Waals surface area contributed by atoms with Crippen LogP contribution in [0.25, 0.3) is 17.5 Å². The lowest BCUT2D eigenvalue weighted by atomic mass is 10.2. The Bertz CT molecular complexity index is 1250. The third-order valence-corrected chi connectivity index (χ3v) is 5.71. The smallest absolute Gasteiger partial charge is 0.417 e. The molecule has 0 unspecified atom stereocenters. The number of carboxylic acid groups (broad SMARTS) is 1. The highest BCUT2D eigenvalue weighted by Gasteiger charge is 2.34. The van der Waals surface area contributed by atoms with Crippen LogP contribution in [0.2, 0.25) is 0 Å². The number of hydrogen-bond donors (Lipinski definition) is 1. The van der Waals surface area contributed by atoms with Crippen LogP contribution in [0.4, 0.5) is 18.9 Å². The second kappa shape index (κ2) is 8.24. The van der Waals surface area contributed by atoms with Gasteiger partial charge in [0.25, 0.3) is 5.91 Å². The maximum atomic E-state index is 12.8.